The van der Waals surface area contributed by atoms with Gasteiger partial charge in [-0.05, 0) is 25.2 Å². The van der Waals surface area contributed by atoms with E-state index in [-0.39, 0.29) is 0 Å². The lowest BCUT2D eigenvalue weighted by atomic mass is 9.81. The van der Waals surface area contributed by atoms with Gasteiger partial charge >= 0.3 is 0 Å². The van der Waals surface area contributed by atoms with Crippen LogP contribution in [0.1, 0.15) is 36.8 Å². The minimum Gasteiger partial charge on any atom is -0.338 e. The molecule has 1 aromatic heterocycles. The zero-order chi connectivity index (χ0) is 22.8. The van der Waals surface area contributed by atoms with Crippen LogP contribution in [-0.4, -0.2) is 41.6 Å². The fourth-order valence-corrected chi connectivity index (χ4v) is 6.14. The van der Waals surface area contributed by atoms with Gasteiger partial charge in [0.1, 0.15) is 0 Å². The Morgan fingerprint density at radius 3 is 2.58 bits per heavy atom. The molecule has 33 heavy (non-hydrogen) atoms. The molecule has 1 saturated heterocycles. The van der Waals surface area contributed by atoms with Crippen molar-refractivity contribution in [3.05, 3.63) is 94.7 Å². The second-order valence-corrected chi connectivity index (χ2v) is 11.0. The van der Waals surface area contributed by atoms with Gasteiger partial charge in [-0.25, -0.2) is 17.7 Å². The topological polar surface area (TPSA) is 55.2 Å². The van der Waals surface area contributed by atoms with Crippen LogP contribution >= 0.6 is 0 Å². The minimum absolute atomic E-state index is 0.337. The molecule has 5 rings (SSSR count). The molecule has 1 aliphatic heterocycles. The summed E-state index contributed by atoms with van der Waals surface area (Å²) < 4.78 is 27.9. The van der Waals surface area contributed by atoms with E-state index < -0.39 is 10.0 Å². The fraction of sp³-hybridized carbons (Fsp3) is 0.333. The number of hydrogen-bond donors (Lipinski definition) is 0. The summed E-state index contributed by atoms with van der Waals surface area (Å²) in [6.07, 6.45) is 13.1. The van der Waals surface area contributed by atoms with Crippen molar-refractivity contribution >= 4 is 21.7 Å². The molecule has 1 fully saturated rings. The van der Waals surface area contributed by atoms with Gasteiger partial charge in [-0.3, -0.25) is 0 Å². The van der Waals surface area contributed by atoms with E-state index in [1.165, 1.54) is 39.3 Å². The Bertz CT molecular complexity index is 1340. The van der Waals surface area contributed by atoms with E-state index in [2.05, 4.69) is 64.2 Å². The number of piperidine rings is 1. The average molecular weight is 461 g/mol. The van der Waals surface area contributed by atoms with Crippen LogP contribution in [0.25, 0.3) is 11.6 Å². The normalized spacial score (nSPS) is 17.2. The van der Waals surface area contributed by atoms with Crippen LogP contribution in [0, 0.1) is 11.8 Å². The summed E-state index contributed by atoms with van der Waals surface area (Å²) in [6, 6.07) is 17.4. The lowest BCUT2D eigenvalue weighted by Gasteiger charge is -2.34. The van der Waals surface area contributed by atoms with Crippen molar-refractivity contribution in [1.29, 1.82) is 0 Å². The Kier molecular flexibility index (Phi) is 6.13. The van der Waals surface area contributed by atoms with Gasteiger partial charge in [0.2, 0.25) is 10.0 Å². The highest BCUT2D eigenvalue weighted by atomic mass is 32.2. The Morgan fingerprint density at radius 1 is 1.06 bits per heavy atom. The molecule has 172 valence electrons. The molecule has 0 spiro atoms. The quantitative estimate of drug-likeness (QED) is 0.532. The first-order chi connectivity index (χ1) is 16.0. The number of fused-ring (bicyclic) bond motifs is 2. The second kappa shape index (κ2) is 9.20. The lowest BCUT2D eigenvalue weighted by Crippen LogP contribution is -2.39. The molecule has 3 aromatic rings. The van der Waals surface area contributed by atoms with E-state index in [9.17, 15) is 8.42 Å². The maximum absolute atomic E-state index is 12.1. The Balaban J connectivity index is 1.51. The molecular weight excluding hydrogens is 430 g/mol. The van der Waals surface area contributed by atoms with E-state index in [0.717, 1.165) is 32.2 Å². The highest BCUT2D eigenvalue weighted by Gasteiger charge is 2.28. The predicted molar refractivity (Wildman–Crippen MR) is 132 cm³/mol. The average Bonchev–Trinajstić information content (AvgIpc) is 3.28. The summed E-state index contributed by atoms with van der Waals surface area (Å²) in [5.74, 6) is 1.70. The van der Waals surface area contributed by atoms with Crippen LogP contribution in [0.2, 0.25) is 0 Å². The fourth-order valence-electron chi connectivity index (χ4n) is 5.27. The zero-order valence-electron chi connectivity index (χ0n) is 19.0. The summed E-state index contributed by atoms with van der Waals surface area (Å²) in [7, 11) is -3.14. The lowest BCUT2D eigenvalue weighted by molar-refractivity contribution is 0.312. The van der Waals surface area contributed by atoms with Crippen LogP contribution in [0.4, 0.5) is 0 Å². The van der Waals surface area contributed by atoms with Crippen LogP contribution in [-0.2, 0) is 16.6 Å². The Morgan fingerprint density at radius 2 is 1.82 bits per heavy atom. The van der Waals surface area contributed by atoms with Gasteiger partial charge in [-0.15, -0.1) is 29.7 Å². The van der Waals surface area contributed by atoms with Crippen molar-refractivity contribution in [2.75, 3.05) is 19.3 Å². The molecule has 0 unspecified atom stereocenters. The van der Waals surface area contributed by atoms with Gasteiger partial charge in [0.15, 0.2) is 0 Å². The van der Waals surface area contributed by atoms with Crippen molar-refractivity contribution in [1.82, 2.24) is 13.9 Å². The number of aryl methyl sites for hydroxylation is 1. The Hall–Kier alpha value is -2.83. The van der Waals surface area contributed by atoms with E-state index in [4.69, 9.17) is 0 Å². The van der Waals surface area contributed by atoms with Gasteiger partial charge in [-0.2, -0.15) is 0 Å². The van der Waals surface area contributed by atoms with Crippen molar-refractivity contribution in [2.24, 2.45) is 5.92 Å². The largest absolute Gasteiger partial charge is 0.338 e. The van der Waals surface area contributed by atoms with Crippen molar-refractivity contribution < 1.29 is 8.42 Å². The number of sulfonamides is 1. The molecule has 2 aliphatic rings. The first-order valence-corrected chi connectivity index (χ1v) is 13.5. The summed E-state index contributed by atoms with van der Waals surface area (Å²) in [6.45, 7) is 2.12. The molecule has 6 heteroatoms. The molecule has 2 aromatic carbocycles. The number of nitrogens with zero attached hydrogens (tertiary/aromatic N) is 3. The minimum atomic E-state index is -3.14. The molecule has 2 heterocycles. The third-order valence-corrected chi connectivity index (χ3v) is 8.20. The van der Waals surface area contributed by atoms with Crippen molar-refractivity contribution in [2.45, 2.75) is 32.2 Å². The number of benzene rings is 2. The van der Waals surface area contributed by atoms with Crippen LogP contribution < -0.4 is 10.4 Å². The second-order valence-electron chi connectivity index (χ2n) is 9.06. The molecule has 0 atom stereocenters. The van der Waals surface area contributed by atoms with Crippen LogP contribution in [0.5, 0.6) is 0 Å². The predicted octanol–water partition coefficient (Wildman–Crippen LogP) is 2.95. The number of rotatable bonds is 6. The molecule has 0 saturated carbocycles. The molecular formula is C27H30N3O2S-. The van der Waals surface area contributed by atoms with Crippen LogP contribution in [0.3, 0.4) is 0 Å². The number of hydrogen-bond acceptors (Lipinski definition) is 3. The number of imidazole rings is 1. The highest BCUT2D eigenvalue weighted by Crippen LogP contribution is 2.36. The van der Waals surface area contributed by atoms with Gasteiger partial charge in [0.05, 0.1) is 12.6 Å². The third kappa shape index (κ3) is 4.63. The molecule has 0 N–H and O–H groups in total. The molecule has 0 bridgehead atoms. The van der Waals surface area contributed by atoms with E-state index >= 15 is 0 Å². The summed E-state index contributed by atoms with van der Waals surface area (Å²) >= 11 is 0. The molecule has 1 aliphatic carbocycles. The van der Waals surface area contributed by atoms with Gasteiger partial charge in [-0.1, -0.05) is 64.4 Å². The smallest absolute Gasteiger partial charge is 0.211 e. The summed E-state index contributed by atoms with van der Waals surface area (Å²) in [5, 5.41) is 2.54. The molecule has 0 radical (unpaired) electrons. The van der Waals surface area contributed by atoms with Crippen LogP contribution in [0.15, 0.2) is 67.3 Å². The van der Waals surface area contributed by atoms with E-state index in [1.54, 1.807) is 4.31 Å². The SMILES string of the molecule is CS(=O)(=O)N1CCC(C2=c3ccccc3=C[C-](CCCn3ccnc3)c3ccccc32)CC1. The zero-order valence-corrected chi connectivity index (χ0v) is 19.8. The third-order valence-electron chi connectivity index (χ3n) is 6.90. The maximum atomic E-state index is 12.1. The van der Waals surface area contributed by atoms with Gasteiger partial charge in [0, 0.05) is 32.0 Å². The summed E-state index contributed by atoms with van der Waals surface area (Å²) in [5.41, 5.74) is 3.98. The van der Waals surface area contributed by atoms with Gasteiger partial charge in [0.25, 0.3) is 0 Å². The molecule has 5 nitrogen and oxygen atoms in total. The first-order valence-electron chi connectivity index (χ1n) is 11.7. The first kappa shape index (κ1) is 22.0. The summed E-state index contributed by atoms with van der Waals surface area (Å²) in [4.78, 5) is 4.15. The Labute approximate surface area is 196 Å². The monoisotopic (exact) mass is 460 g/mol. The van der Waals surface area contributed by atoms with Crippen molar-refractivity contribution in [3.63, 3.8) is 0 Å². The highest BCUT2D eigenvalue weighted by molar-refractivity contribution is 7.88. The van der Waals surface area contributed by atoms with E-state index in [0.29, 0.717) is 19.0 Å². The number of aromatic nitrogens is 2. The maximum Gasteiger partial charge on any atom is 0.211 e. The molecule has 0 amide bonds. The van der Waals surface area contributed by atoms with Gasteiger partial charge < -0.3 is 4.57 Å². The standard InChI is InChI=1S/C27H30N3O2S/c1-33(31,32)30-16-12-21(13-17-30)27-25-10-3-2-7-23(25)19-22(24-9-4-5-11-26(24)27)8-6-15-29-18-14-28-20-29/h2-5,7,9-11,14,18-21H,6,8,12-13,15-17H2,1H3/q-1. The van der Waals surface area contributed by atoms with Crippen molar-refractivity contribution in [3.8, 4) is 0 Å². The van der Waals surface area contributed by atoms with E-state index in [1.807, 2.05) is 18.7 Å².